The second kappa shape index (κ2) is 13.5. The Hall–Kier alpha value is -0.700. The van der Waals surface area contributed by atoms with E-state index in [0.717, 1.165) is 38.8 Å². The molecule has 0 aliphatic rings. The minimum Gasteiger partial charge on any atom is -0.466 e. The maximum absolute atomic E-state index is 6.60. The molecule has 2 unspecified atom stereocenters. The molecule has 0 heterocycles. The molecular formula is C17H36N4O2S2. The van der Waals surface area contributed by atoms with Gasteiger partial charge in [0.05, 0.1) is 5.54 Å². The molecular weight excluding hydrogens is 356 g/mol. The summed E-state index contributed by atoms with van der Waals surface area (Å²) in [6.07, 6.45) is 4.04. The van der Waals surface area contributed by atoms with Crippen molar-refractivity contribution in [1.29, 1.82) is 0 Å². The van der Waals surface area contributed by atoms with Crippen molar-refractivity contribution < 1.29 is 9.47 Å². The number of unbranched alkanes of at least 4 members (excludes halogenated alkanes) is 2. The summed E-state index contributed by atoms with van der Waals surface area (Å²) < 4.78 is 11.6. The van der Waals surface area contributed by atoms with Crippen molar-refractivity contribution in [2.45, 2.75) is 77.5 Å². The zero-order valence-corrected chi connectivity index (χ0v) is 17.7. The first-order chi connectivity index (χ1) is 11.8. The number of nitrogens with two attached hydrogens (primary N) is 2. The molecule has 0 aromatic rings. The van der Waals surface area contributed by atoms with Gasteiger partial charge in [0.2, 0.25) is 0 Å². The third-order valence-electron chi connectivity index (χ3n) is 4.26. The van der Waals surface area contributed by atoms with E-state index in [4.69, 9.17) is 45.4 Å². The zero-order valence-electron chi connectivity index (χ0n) is 16.1. The topological polar surface area (TPSA) is 94.6 Å². The first-order valence-electron chi connectivity index (χ1n) is 9.19. The molecule has 0 aliphatic heterocycles. The van der Waals surface area contributed by atoms with E-state index in [1.165, 1.54) is 0 Å². The molecule has 6 nitrogen and oxygen atoms in total. The Bertz CT molecular complexity index is 367. The summed E-state index contributed by atoms with van der Waals surface area (Å²) in [6, 6.07) is 0. The average Bonchev–Trinajstić information content (AvgIpc) is 2.55. The summed E-state index contributed by atoms with van der Waals surface area (Å²) in [5.41, 5.74) is 11.6. The molecule has 0 aliphatic carbocycles. The van der Waals surface area contributed by atoms with Crippen LogP contribution < -0.4 is 22.1 Å². The van der Waals surface area contributed by atoms with E-state index in [1.807, 2.05) is 13.8 Å². The van der Waals surface area contributed by atoms with E-state index in [0.29, 0.717) is 23.3 Å². The maximum atomic E-state index is 6.60. The van der Waals surface area contributed by atoms with Gasteiger partial charge in [-0.25, -0.2) is 0 Å². The van der Waals surface area contributed by atoms with Gasteiger partial charge in [-0.15, -0.1) is 0 Å². The number of ether oxygens (including phenoxy) is 2. The van der Waals surface area contributed by atoms with Gasteiger partial charge in [-0.1, -0.05) is 26.7 Å². The van der Waals surface area contributed by atoms with E-state index in [9.17, 15) is 0 Å². The fourth-order valence-corrected chi connectivity index (χ4v) is 2.84. The monoisotopic (exact) mass is 392 g/mol. The lowest BCUT2D eigenvalue weighted by atomic mass is 9.85. The van der Waals surface area contributed by atoms with Gasteiger partial charge in [0.1, 0.15) is 12.2 Å². The minimum atomic E-state index is -0.804. The highest BCUT2D eigenvalue weighted by Crippen LogP contribution is 2.22. The first-order valence-corrected chi connectivity index (χ1v) is 10.0. The van der Waals surface area contributed by atoms with Crippen LogP contribution in [0.3, 0.4) is 0 Å². The molecule has 148 valence electrons. The summed E-state index contributed by atoms with van der Waals surface area (Å²) in [5, 5.41) is 6.87. The third-order valence-corrected chi connectivity index (χ3v) is 4.74. The summed E-state index contributed by atoms with van der Waals surface area (Å²) >= 11 is 10.5. The summed E-state index contributed by atoms with van der Waals surface area (Å²) in [4.78, 5) is 0. The Labute approximate surface area is 163 Å². The van der Waals surface area contributed by atoms with Crippen LogP contribution in [-0.2, 0) is 9.47 Å². The lowest BCUT2D eigenvalue weighted by molar-refractivity contribution is 0.0168. The highest BCUT2D eigenvalue weighted by Gasteiger charge is 2.41. The molecule has 6 N–H and O–H groups in total. The standard InChI is InChI=1S/C17H36N4O2S2/c1-5-7-11-20-15(24)22-13(3)17(19,9-10-18)14(4)23-16(25)21-12-8-6-2/h13-14H,5-12,18-19H2,1-4H3,(H,20,24)(H,21,25). The van der Waals surface area contributed by atoms with Crippen molar-refractivity contribution in [1.82, 2.24) is 10.6 Å². The van der Waals surface area contributed by atoms with E-state index in [-0.39, 0.29) is 12.2 Å². The fraction of sp³-hybridized carbons (Fsp3) is 0.882. The highest BCUT2D eigenvalue weighted by molar-refractivity contribution is 7.80. The smallest absolute Gasteiger partial charge is 0.256 e. The van der Waals surface area contributed by atoms with E-state index < -0.39 is 5.54 Å². The molecule has 25 heavy (non-hydrogen) atoms. The van der Waals surface area contributed by atoms with Crippen LogP contribution in [0.5, 0.6) is 0 Å². The Morgan fingerprint density at radius 3 is 1.68 bits per heavy atom. The molecule has 0 radical (unpaired) electrons. The predicted octanol–water partition coefficient (Wildman–Crippen LogP) is 2.19. The van der Waals surface area contributed by atoms with Crippen molar-refractivity contribution in [3.8, 4) is 0 Å². The van der Waals surface area contributed by atoms with Crippen LogP contribution in [0.2, 0.25) is 0 Å². The number of hydrogen-bond acceptors (Lipinski definition) is 6. The van der Waals surface area contributed by atoms with Gasteiger partial charge in [-0.2, -0.15) is 0 Å². The molecule has 0 aromatic carbocycles. The van der Waals surface area contributed by atoms with Gasteiger partial charge >= 0.3 is 0 Å². The molecule has 8 heteroatoms. The van der Waals surface area contributed by atoms with Gasteiger partial charge in [-0.3, -0.25) is 0 Å². The Balaban J connectivity index is 4.71. The van der Waals surface area contributed by atoms with E-state index >= 15 is 0 Å². The van der Waals surface area contributed by atoms with Gasteiger partial charge in [0.25, 0.3) is 10.3 Å². The van der Waals surface area contributed by atoms with Crippen molar-refractivity contribution in [3.05, 3.63) is 0 Å². The molecule has 0 rings (SSSR count). The predicted molar refractivity (Wildman–Crippen MR) is 113 cm³/mol. The van der Waals surface area contributed by atoms with Gasteiger partial charge in [0.15, 0.2) is 0 Å². The van der Waals surface area contributed by atoms with Crippen LogP contribution in [-0.4, -0.2) is 47.7 Å². The van der Waals surface area contributed by atoms with Crippen molar-refractivity contribution >= 4 is 34.8 Å². The van der Waals surface area contributed by atoms with Crippen LogP contribution in [0.15, 0.2) is 0 Å². The summed E-state index contributed by atoms with van der Waals surface area (Å²) in [5.74, 6) is 0. The van der Waals surface area contributed by atoms with Crippen molar-refractivity contribution in [2.75, 3.05) is 19.6 Å². The van der Waals surface area contributed by atoms with Gasteiger partial charge in [-0.05, 0) is 64.1 Å². The van der Waals surface area contributed by atoms with Crippen molar-refractivity contribution in [3.63, 3.8) is 0 Å². The second-order valence-electron chi connectivity index (χ2n) is 6.31. The molecule has 0 aromatic heterocycles. The lowest BCUT2D eigenvalue weighted by Crippen LogP contribution is -2.61. The summed E-state index contributed by atoms with van der Waals surface area (Å²) in [7, 11) is 0. The molecule has 0 spiro atoms. The van der Waals surface area contributed by atoms with E-state index in [1.54, 1.807) is 0 Å². The number of hydrogen-bond donors (Lipinski definition) is 4. The Kier molecular flexibility index (Phi) is 13.1. The second-order valence-corrected chi connectivity index (χ2v) is 7.05. The lowest BCUT2D eigenvalue weighted by Gasteiger charge is -2.39. The molecule has 0 saturated heterocycles. The highest BCUT2D eigenvalue weighted by atomic mass is 32.1. The van der Waals surface area contributed by atoms with Crippen molar-refractivity contribution in [2.24, 2.45) is 11.5 Å². The average molecular weight is 393 g/mol. The fourth-order valence-electron chi connectivity index (χ4n) is 2.35. The van der Waals surface area contributed by atoms with Crippen LogP contribution in [0, 0.1) is 0 Å². The normalized spacial score (nSPS) is 15.6. The van der Waals surface area contributed by atoms with E-state index in [2.05, 4.69) is 24.5 Å². The largest absolute Gasteiger partial charge is 0.466 e. The molecule has 0 saturated carbocycles. The Morgan fingerprint density at radius 2 is 1.36 bits per heavy atom. The van der Waals surface area contributed by atoms with Crippen LogP contribution in [0.4, 0.5) is 0 Å². The molecule has 0 fully saturated rings. The van der Waals surface area contributed by atoms with Crippen LogP contribution in [0.1, 0.15) is 59.8 Å². The SMILES string of the molecule is CCCCNC(=S)OC(C)C(N)(CCN)C(C)OC(=S)NCCCC. The molecule has 2 atom stereocenters. The van der Waals surface area contributed by atoms with Crippen LogP contribution >= 0.6 is 24.4 Å². The van der Waals surface area contributed by atoms with Gasteiger partial charge < -0.3 is 31.6 Å². The zero-order chi connectivity index (χ0) is 19.3. The maximum Gasteiger partial charge on any atom is 0.256 e. The Morgan fingerprint density at radius 1 is 0.960 bits per heavy atom. The van der Waals surface area contributed by atoms with Gasteiger partial charge in [0, 0.05) is 13.1 Å². The number of nitrogens with one attached hydrogen (secondary N) is 2. The molecule has 0 amide bonds. The minimum absolute atomic E-state index is 0.351. The first kappa shape index (κ1) is 24.3. The third kappa shape index (κ3) is 9.53. The van der Waals surface area contributed by atoms with Crippen LogP contribution in [0.25, 0.3) is 0 Å². The number of thiocarbonyl (C=S) groups is 2. The molecule has 0 bridgehead atoms. The quantitative estimate of drug-likeness (QED) is 0.297. The number of rotatable bonds is 12. The summed E-state index contributed by atoms with van der Waals surface area (Å²) in [6.45, 7) is 10.0.